The molecule has 1 aromatic heterocycles. The molecule has 1 aliphatic carbocycles. The van der Waals surface area contributed by atoms with Gasteiger partial charge in [0.25, 0.3) is 5.95 Å². The van der Waals surface area contributed by atoms with E-state index in [-0.39, 0.29) is 17.3 Å². The van der Waals surface area contributed by atoms with Crippen molar-refractivity contribution in [3.8, 4) is 0 Å². The molecule has 2 atom stereocenters. The average Bonchev–Trinajstić information content (AvgIpc) is 2.96. The predicted octanol–water partition coefficient (Wildman–Crippen LogP) is -0.0820. The Bertz CT molecular complexity index is 405. The number of nitrogens with one attached hydrogen (secondary N) is 3. The van der Waals surface area contributed by atoms with Gasteiger partial charge in [-0.3, -0.25) is 10.1 Å². The van der Waals surface area contributed by atoms with Crippen LogP contribution in [0.3, 0.4) is 0 Å². The quantitative estimate of drug-likeness (QED) is 0.667. The molecule has 0 bridgehead atoms. The molecular formula is C10H16N6O. The molecule has 1 saturated carbocycles. The van der Waals surface area contributed by atoms with Crippen LogP contribution < -0.4 is 10.6 Å². The Labute approximate surface area is 98.7 Å². The van der Waals surface area contributed by atoms with Crippen molar-refractivity contribution in [3.63, 3.8) is 0 Å². The lowest BCUT2D eigenvalue weighted by molar-refractivity contribution is -0.128. The maximum atomic E-state index is 12.4. The summed E-state index contributed by atoms with van der Waals surface area (Å²) in [4.78, 5) is 12.4. The lowest BCUT2D eigenvalue weighted by atomic mass is 9.67. The van der Waals surface area contributed by atoms with E-state index in [4.69, 9.17) is 0 Å². The fourth-order valence-electron chi connectivity index (χ4n) is 3.13. The van der Waals surface area contributed by atoms with Gasteiger partial charge in [-0.2, -0.15) is 5.21 Å². The fraction of sp³-hybridized carbons (Fsp3) is 0.800. The molecule has 0 aromatic carbocycles. The zero-order chi connectivity index (χ0) is 11.7. The number of anilines is 1. The summed E-state index contributed by atoms with van der Waals surface area (Å²) in [6, 6.07) is 0. The molecule has 17 heavy (non-hydrogen) atoms. The van der Waals surface area contributed by atoms with Gasteiger partial charge in [-0.25, -0.2) is 0 Å². The Morgan fingerprint density at radius 1 is 1.47 bits per heavy atom. The van der Waals surface area contributed by atoms with Gasteiger partial charge in [0.1, 0.15) is 0 Å². The van der Waals surface area contributed by atoms with Crippen LogP contribution in [0, 0.1) is 11.3 Å². The first-order valence-electron chi connectivity index (χ1n) is 6.07. The number of aromatic amines is 1. The number of hydrogen-bond donors (Lipinski definition) is 3. The van der Waals surface area contributed by atoms with E-state index in [1.165, 1.54) is 6.42 Å². The van der Waals surface area contributed by atoms with E-state index >= 15 is 0 Å². The van der Waals surface area contributed by atoms with Gasteiger partial charge < -0.3 is 5.32 Å². The van der Waals surface area contributed by atoms with Crippen molar-refractivity contribution in [2.45, 2.75) is 25.7 Å². The van der Waals surface area contributed by atoms with Crippen LogP contribution in [0.25, 0.3) is 0 Å². The molecule has 92 valence electrons. The summed E-state index contributed by atoms with van der Waals surface area (Å²) >= 11 is 0. The number of H-pyrrole nitrogens is 1. The van der Waals surface area contributed by atoms with E-state index < -0.39 is 0 Å². The topological polar surface area (TPSA) is 95.6 Å². The Morgan fingerprint density at radius 2 is 2.41 bits per heavy atom. The molecule has 1 saturated heterocycles. The highest BCUT2D eigenvalue weighted by molar-refractivity contribution is 5.94. The third-order valence-electron chi connectivity index (χ3n) is 4.06. The number of tetrazole rings is 1. The monoisotopic (exact) mass is 236 g/mol. The molecule has 7 heteroatoms. The maximum Gasteiger partial charge on any atom is 0.269 e. The number of amides is 1. The predicted molar refractivity (Wildman–Crippen MR) is 60.1 cm³/mol. The van der Waals surface area contributed by atoms with Crippen molar-refractivity contribution >= 4 is 11.9 Å². The van der Waals surface area contributed by atoms with E-state index in [1.54, 1.807) is 0 Å². The molecule has 0 unspecified atom stereocenters. The van der Waals surface area contributed by atoms with E-state index in [0.29, 0.717) is 5.92 Å². The SMILES string of the molecule is O=C(Nc1nn[nH]n1)[C@@]12CCCC[C@H]1CNC2. The van der Waals surface area contributed by atoms with Crippen LogP contribution >= 0.6 is 0 Å². The first-order valence-corrected chi connectivity index (χ1v) is 6.07. The summed E-state index contributed by atoms with van der Waals surface area (Å²) in [5.74, 6) is 0.748. The molecule has 2 fully saturated rings. The number of rotatable bonds is 2. The Hall–Kier alpha value is -1.50. The summed E-state index contributed by atoms with van der Waals surface area (Å²) in [5.41, 5.74) is -0.265. The van der Waals surface area contributed by atoms with Gasteiger partial charge >= 0.3 is 0 Å². The summed E-state index contributed by atoms with van der Waals surface area (Å²) < 4.78 is 0. The maximum absolute atomic E-state index is 12.4. The minimum Gasteiger partial charge on any atom is -0.315 e. The molecule has 7 nitrogen and oxygen atoms in total. The van der Waals surface area contributed by atoms with Gasteiger partial charge in [-0.1, -0.05) is 17.9 Å². The summed E-state index contributed by atoms with van der Waals surface area (Å²) in [6.45, 7) is 1.71. The Balaban J connectivity index is 1.79. The molecule has 2 heterocycles. The fourth-order valence-corrected chi connectivity index (χ4v) is 3.13. The summed E-state index contributed by atoms with van der Waals surface area (Å²) in [7, 11) is 0. The average molecular weight is 236 g/mol. The first-order chi connectivity index (χ1) is 8.31. The van der Waals surface area contributed by atoms with Gasteiger partial charge in [0.2, 0.25) is 5.91 Å². The summed E-state index contributed by atoms with van der Waals surface area (Å²) in [5, 5.41) is 19.4. The lowest BCUT2D eigenvalue weighted by Crippen LogP contribution is -2.44. The van der Waals surface area contributed by atoms with Crippen LogP contribution in [0.1, 0.15) is 25.7 Å². The highest BCUT2D eigenvalue weighted by Crippen LogP contribution is 2.44. The molecule has 3 rings (SSSR count). The van der Waals surface area contributed by atoms with E-state index in [2.05, 4.69) is 31.3 Å². The van der Waals surface area contributed by atoms with E-state index in [1.807, 2.05) is 0 Å². The number of carbonyl (C=O) groups is 1. The van der Waals surface area contributed by atoms with Crippen molar-refractivity contribution in [3.05, 3.63) is 0 Å². The minimum absolute atomic E-state index is 0.0357. The summed E-state index contributed by atoms with van der Waals surface area (Å²) in [6.07, 6.45) is 4.43. The van der Waals surface area contributed by atoms with Crippen LogP contribution in [0.2, 0.25) is 0 Å². The van der Waals surface area contributed by atoms with Crippen LogP contribution in [0.15, 0.2) is 0 Å². The zero-order valence-electron chi connectivity index (χ0n) is 9.57. The smallest absolute Gasteiger partial charge is 0.269 e. The van der Waals surface area contributed by atoms with Crippen molar-refractivity contribution in [1.82, 2.24) is 25.9 Å². The van der Waals surface area contributed by atoms with Gasteiger partial charge in [-0.15, -0.1) is 5.10 Å². The second-order valence-corrected chi connectivity index (χ2v) is 4.92. The van der Waals surface area contributed by atoms with Crippen molar-refractivity contribution in [2.24, 2.45) is 11.3 Å². The van der Waals surface area contributed by atoms with Crippen molar-refractivity contribution < 1.29 is 4.79 Å². The van der Waals surface area contributed by atoms with Gasteiger partial charge in [-0.05, 0) is 30.5 Å². The van der Waals surface area contributed by atoms with Crippen LogP contribution in [-0.4, -0.2) is 39.6 Å². The van der Waals surface area contributed by atoms with Crippen LogP contribution in [0.5, 0.6) is 0 Å². The van der Waals surface area contributed by atoms with Gasteiger partial charge in [0.15, 0.2) is 0 Å². The molecule has 0 spiro atoms. The third-order valence-corrected chi connectivity index (χ3v) is 4.06. The molecule has 3 N–H and O–H groups in total. The third kappa shape index (κ3) is 1.70. The minimum atomic E-state index is -0.265. The Morgan fingerprint density at radius 3 is 3.24 bits per heavy atom. The van der Waals surface area contributed by atoms with Gasteiger partial charge in [0, 0.05) is 6.54 Å². The Kier molecular flexibility index (Phi) is 2.54. The van der Waals surface area contributed by atoms with Crippen LogP contribution in [-0.2, 0) is 4.79 Å². The van der Waals surface area contributed by atoms with E-state index in [0.717, 1.165) is 32.4 Å². The standard InChI is InChI=1S/C10H16N6O/c17-8(12-9-13-15-16-14-9)10-4-2-1-3-7(10)5-11-6-10/h7,11H,1-6H2,(H2,12,13,14,15,16,17)/t7-,10+/m0/s1. The zero-order valence-corrected chi connectivity index (χ0v) is 9.57. The lowest BCUT2D eigenvalue weighted by Gasteiger charge is -2.36. The van der Waals surface area contributed by atoms with Crippen molar-refractivity contribution in [2.75, 3.05) is 18.4 Å². The number of fused-ring (bicyclic) bond motifs is 1. The molecule has 0 radical (unpaired) electrons. The molecule has 1 aliphatic heterocycles. The number of nitrogens with zero attached hydrogens (tertiary/aromatic N) is 3. The number of carbonyl (C=O) groups excluding carboxylic acids is 1. The normalized spacial score (nSPS) is 32.1. The first kappa shape index (κ1) is 10.6. The molecule has 1 amide bonds. The van der Waals surface area contributed by atoms with Crippen LogP contribution in [0.4, 0.5) is 5.95 Å². The highest BCUT2D eigenvalue weighted by Gasteiger charge is 2.50. The molecular weight excluding hydrogens is 220 g/mol. The number of hydrogen-bond acceptors (Lipinski definition) is 5. The molecule has 1 aromatic rings. The molecule has 2 aliphatic rings. The van der Waals surface area contributed by atoms with Gasteiger partial charge in [0.05, 0.1) is 5.41 Å². The largest absolute Gasteiger partial charge is 0.315 e. The second-order valence-electron chi connectivity index (χ2n) is 4.92. The van der Waals surface area contributed by atoms with E-state index in [9.17, 15) is 4.79 Å². The second kappa shape index (κ2) is 4.06. The number of aromatic nitrogens is 4. The highest BCUT2D eigenvalue weighted by atomic mass is 16.2. The van der Waals surface area contributed by atoms with Crippen molar-refractivity contribution in [1.29, 1.82) is 0 Å².